The number of ether oxygens (including phenoxy) is 3. The minimum absolute atomic E-state index is 0.0200. The average molecular weight is 401 g/mol. The maximum absolute atomic E-state index is 14.7. The van der Waals surface area contributed by atoms with Crippen LogP contribution in [0.4, 0.5) is 13.6 Å². The van der Waals surface area contributed by atoms with E-state index in [-0.39, 0.29) is 43.6 Å². The number of amides is 1. The van der Waals surface area contributed by atoms with Crippen LogP contribution >= 0.6 is 0 Å². The highest BCUT2D eigenvalue weighted by atomic mass is 19.1. The standard InChI is InChI=1S/C22H21F2NO4/c1-27-19-8-7-18(23)20(21(19)24)15-9-16-12-28-13-17(10-15)25(16)22(26)29-11-14-5-3-2-4-6-14/h2-9,16-17H,10-13H2,1H3. The van der Waals surface area contributed by atoms with Crippen molar-refractivity contribution in [2.45, 2.75) is 25.1 Å². The summed E-state index contributed by atoms with van der Waals surface area (Å²) in [6.07, 6.45) is 1.48. The highest BCUT2D eigenvalue weighted by molar-refractivity contribution is 5.75. The quantitative estimate of drug-likeness (QED) is 0.772. The normalized spacial score (nSPS) is 20.8. The van der Waals surface area contributed by atoms with Gasteiger partial charge in [-0.25, -0.2) is 13.6 Å². The first kappa shape index (κ1) is 19.4. The van der Waals surface area contributed by atoms with E-state index in [0.717, 1.165) is 5.56 Å². The molecule has 1 amide bonds. The van der Waals surface area contributed by atoms with Crippen LogP contribution in [0.2, 0.25) is 0 Å². The minimum atomic E-state index is -0.738. The van der Waals surface area contributed by atoms with Gasteiger partial charge in [-0.2, -0.15) is 0 Å². The second-order valence-electron chi connectivity index (χ2n) is 7.04. The van der Waals surface area contributed by atoms with Crippen LogP contribution in [0.5, 0.6) is 5.75 Å². The van der Waals surface area contributed by atoms with Crippen LogP contribution in [0.25, 0.3) is 5.57 Å². The summed E-state index contributed by atoms with van der Waals surface area (Å²) in [5.41, 5.74) is 1.28. The van der Waals surface area contributed by atoms with E-state index in [1.807, 2.05) is 30.3 Å². The van der Waals surface area contributed by atoms with Gasteiger partial charge < -0.3 is 14.2 Å². The molecule has 0 radical (unpaired) electrons. The van der Waals surface area contributed by atoms with Crippen LogP contribution in [0, 0.1) is 11.6 Å². The molecule has 2 atom stereocenters. The molecule has 0 aliphatic carbocycles. The van der Waals surface area contributed by atoms with Gasteiger partial charge in [0.2, 0.25) is 0 Å². The van der Waals surface area contributed by atoms with Crippen molar-refractivity contribution in [3.05, 3.63) is 71.3 Å². The fraction of sp³-hybridized carbons (Fsp3) is 0.318. The van der Waals surface area contributed by atoms with E-state index in [0.29, 0.717) is 5.57 Å². The zero-order valence-electron chi connectivity index (χ0n) is 15.9. The molecule has 152 valence electrons. The molecule has 2 aromatic rings. The zero-order valence-corrected chi connectivity index (χ0v) is 15.9. The van der Waals surface area contributed by atoms with Crippen LogP contribution in [-0.2, 0) is 16.1 Å². The number of benzene rings is 2. The van der Waals surface area contributed by atoms with Gasteiger partial charge in [-0.3, -0.25) is 4.90 Å². The van der Waals surface area contributed by atoms with Gasteiger partial charge in [0.15, 0.2) is 11.6 Å². The Kier molecular flexibility index (Phi) is 5.49. The van der Waals surface area contributed by atoms with E-state index >= 15 is 0 Å². The predicted octanol–water partition coefficient (Wildman–Crippen LogP) is 4.17. The molecule has 0 spiro atoms. The first-order valence-electron chi connectivity index (χ1n) is 9.38. The van der Waals surface area contributed by atoms with Gasteiger partial charge in [-0.05, 0) is 29.7 Å². The van der Waals surface area contributed by atoms with Gasteiger partial charge in [0, 0.05) is 0 Å². The number of morpholine rings is 1. The highest BCUT2D eigenvalue weighted by Crippen LogP contribution is 2.37. The molecule has 5 nitrogen and oxygen atoms in total. The Morgan fingerprint density at radius 1 is 1.17 bits per heavy atom. The maximum Gasteiger partial charge on any atom is 0.411 e. The lowest BCUT2D eigenvalue weighted by Gasteiger charge is -2.43. The third-order valence-electron chi connectivity index (χ3n) is 5.21. The molecule has 2 unspecified atom stereocenters. The second-order valence-corrected chi connectivity index (χ2v) is 7.04. The van der Waals surface area contributed by atoms with Crippen molar-refractivity contribution in [2.75, 3.05) is 20.3 Å². The van der Waals surface area contributed by atoms with Crippen molar-refractivity contribution in [3.8, 4) is 5.75 Å². The predicted molar refractivity (Wildman–Crippen MR) is 102 cm³/mol. The number of nitrogens with zero attached hydrogens (tertiary/aromatic N) is 1. The summed E-state index contributed by atoms with van der Waals surface area (Å²) >= 11 is 0. The molecule has 2 aliphatic heterocycles. The van der Waals surface area contributed by atoms with Crippen LogP contribution in [0.1, 0.15) is 17.5 Å². The molecule has 1 saturated heterocycles. The van der Waals surface area contributed by atoms with Crippen LogP contribution in [-0.4, -0.2) is 43.4 Å². The second kappa shape index (κ2) is 8.21. The van der Waals surface area contributed by atoms with E-state index in [9.17, 15) is 13.6 Å². The van der Waals surface area contributed by atoms with Gasteiger partial charge >= 0.3 is 6.09 Å². The van der Waals surface area contributed by atoms with Gasteiger partial charge in [0.1, 0.15) is 12.4 Å². The fourth-order valence-corrected chi connectivity index (χ4v) is 3.85. The van der Waals surface area contributed by atoms with Gasteiger partial charge in [-0.1, -0.05) is 36.4 Å². The Hall–Kier alpha value is -2.93. The summed E-state index contributed by atoms with van der Waals surface area (Å²) in [6.45, 7) is 0.682. The first-order chi connectivity index (χ1) is 14.1. The summed E-state index contributed by atoms with van der Waals surface area (Å²) < 4.78 is 45.1. The number of methoxy groups -OCH3 is 1. The van der Waals surface area contributed by atoms with E-state index < -0.39 is 23.8 Å². The maximum atomic E-state index is 14.7. The lowest BCUT2D eigenvalue weighted by molar-refractivity contribution is -0.0342. The van der Waals surface area contributed by atoms with Crippen molar-refractivity contribution in [2.24, 2.45) is 0 Å². The van der Waals surface area contributed by atoms with Crippen LogP contribution in [0.15, 0.2) is 48.5 Å². The number of carbonyl (C=O) groups excluding carboxylic acids is 1. The first-order valence-corrected chi connectivity index (χ1v) is 9.38. The lowest BCUT2D eigenvalue weighted by atomic mass is 9.89. The molecule has 2 aromatic carbocycles. The average Bonchev–Trinajstić information content (AvgIpc) is 2.72. The van der Waals surface area contributed by atoms with Crippen molar-refractivity contribution in [1.29, 1.82) is 0 Å². The monoisotopic (exact) mass is 401 g/mol. The largest absolute Gasteiger partial charge is 0.494 e. The topological polar surface area (TPSA) is 48.0 Å². The van der Waals surface area contributed by atoms with E-state index in [1.165, 1.54) is 19.2 Å². The smallest absolute Gasteiger partial charge is 0.411 e. The molecular formula is C22H21F2NO4. The molecule has 2 bridgehead atoms. The Labute approximate surface area is 167 Å². The van der Waals surface area contributed by atoms with E-state index in [2.05, 4.69) is 0 Å². The van der Waals surface area contributed by atoms with Gasteiger partial charge in [-0.15, -0.1) is 0 Å². The minimum Gasteiger partial charge on any atom is -0.494 e. The molecule has 29 heavy (non-hydrogen) atoms. The van der Waals surface area contributed by atoms with Crippen molar-refractivity contribution in [3.63, 3.8) is 0 Å². The molecule has 4 rings (SSSR count). The number of fused-ring (bicyclic) bond motifs is 2. The molecule has 2 aliphatic rings. The van der Waals surface area contributed by atoms with Crippen LogP contribution in [0.3, 0.4) is 0 Å². The Morgan fingerprint density at radius 3 is 2.69 bits per heavy atom. The number of carbonyl (C=O) groups is 1. The lowest BCUT2D eigenvalue weighted by Crippen LogP contribution is -2.56. The summed E-state index contributed by atoms with van der Waals surface area (Å²) in [7, 11) is 1.34. The molecule has 0 N–H and O–H groups in total. The summed E-state index contributed by atoms with van der Waals surface area (Å²) in [4.78, 5) is 14.3. The summed E-state index contributed by atoms with van der Waals surface area (Å²) in [5.74, 6) is -1.42. The molecule has 0 saturated carbocycles. The molecule has 7 heteroatoms. The number of halogens is 2. The van der Waals surface area contributed by atoms with Crippen molar-refractivity contribution >= 4 is 11.7 Å². The molecule has 2 heterocycles. The van der Waals surface area contributed by atoms with E-state index in [4.69, 9.17) is 14.2 Å². The van der Waals surface area contributed by atoms with Gasteiger partial charge in [0.05, 0.1) is 38.0 Å². The number of hydrogen-bond donors (Lipinski definition) is 0. The Bertz CT molecular complexity index is 932. The molecular weight excluding hydrogens is 380 g/mol. The number of rotatable bonds is 4. The third kappa shape index (κ3) is 3.82. The zero-order chi connectivity index (χ0) is 20.4. The van der Waals surface area contributed by atoms with Gasteiger partial charge in [0.25, 0.3) is 0 Å². The molecule has 1 fully saturated rings. The SMILES string of the molecule is COc1ccc(F)c(C2=CC3COCC(C2)N3C(=O)OCc2ccccc2)c1F. The highest BCUT2D eigenvalue weighted by Gasteiger charge is 2.40. The summed E-state index contributed by atoms with van der Waals surface area (Å²) in [6, 6.07) is 11.0. The number of hydrogen-bond acceptors (Lipinski definition) is 4. The molecule has 0 aromatic heterocycles. The van der Waals surface area contributed by atoms with E-state index in [1.54, 1.807) is 11.0 Å². The fourth-order valence-electron chi connectivity index (χ4n) is 3.85. The Balaban J connectivity index is 1.57. The Morgan fingerprint density at radius 2 is 1.97 bits per heavy atom. The third-order valence-corrected chi connectivity index (χ3v) is 5.21. The summed E-state index contributed by atoms with van der Waals surface area (Å²) in [5, 5.41) is 0. The van der Waals surface area contributed by atoms with Crippen LogP contribution < -0.4 is 4.74 Å². The van der Waals surface area contributed by atoms with Crippen molar-refractivity contribution < 1.29 is 27.8 Å². The van der Waals surface area contributed by atoms with Crippen molar-refractivity contribution in [1.82, 2.24) is 4.90 Å².